The third kappa shape index (κ3) is 4.04. The van der Waals surface area contributed by atoms with Crippen molar-refractivity contribution in [1.82, 2.24) is 9.88 Å². The van der Waals surface area contributed by atoms with Crippen LogP contribution in [-0.2, 0) is 4.79 Å². The molecule has 0 saturated heterocycles. The molecule has 0 bridgehead atoms. The number of carbonyl (C=O) groups excluding carboxylic acids is 2. The standard InChI is InChI=1S/C13H17N3O4/c1-8(2)16(6-5-11(17)18)13(20)10-4-3-9(7-15-10)12(14)19/h3-4,7-8H,5-6H2,1-2H3,(H2,14,19)(H,17,18). The highest BCUT2D eigenvalue weighted by Crippen LogP contribution is 2.08. The van der Waals surface area contributed by atoms with Crippen LogP contribution in [0.5, 0.6) is 0 Å². The van der Waals surface area contributed by atoms with Gasteiger partial charge in [-0.2, -0.15) is 0 Å². The summed E-state index contributed by atoms with van der Waals surface area (Å²) in [7, 11) is 0. The van der Waals surface area contributed by atoms with E-state index in [1.54, 1.807) is 13.8 Å². The summed E-state index contributed by atoms with van der Waals surface area (Å²) in [5, 5.41) is 8.69. The summed E-state index contributed by atoms with van der Waals surface area (Å²) < 4.78 is 0. The quantitative estimate of drug-likeness (QED) is 0.787. The van der Waals surface area contributed by atoms with E-state index in [0.717, 1.165) is 0 Å². The smallest absolute Gasteiger partial charge is 0.305 e. The number of aromatic nitrogens is 1. The SMILES string of the molecule is CC(C)N(CCC(=O)O)C(=O)c1ccc(C(N)=O)cn1. The average molecular weight is 279 g/mol. The lowest BCUT2D eigenvalue weighted by Gasteiger charge is -2.25. The number of rotatable bonds is 6. The second kappa shape index (κ2) is 6.65. The highest BCUT2D eigenvalue weighted by molar-refractivity contribution is 5.95. The lowest BCUT2D eigenvalue weighted by molar-refractivity contribution is -0.137. The second-order valence-corrected chi connectivity index (χ2v) is 4.53. The summed E-state index contributed by atoms with van der Waals surface area (Å²) in [6.07, 6.45) is 1.09. The first kappa shape index (κ1) is 15.6. The Morgan fingerprint density at radius 3 is 2.40 bits per heavy atom. The first-order valence-corrected chi connectivity index (χ1v) is 6.11. The highest BCUT2D eigenvalue weighted by Gasteiger charge is 2.20. The number of primary amides is 1. The minimum absolute atomic E-state index is 0.102. The first-order chi connectivity index (χ1) is 9.32. The van der Waals surface area contributed by atoms with Gasteiger partial charge in [0, 0.05) is 18.8 Å². The van der Waals surface area contributed by atoms with Gasteiger partial charge in [0.05, 0.1) is 12.0 Å². The minimum atomic E-state index is -0.972. The fraction of sp³-hybridized carbons (Fsp3) is 0.385. The number of nitrogens with two attached hydrogens (primary N) is 1. The molecule has 0 unspecified atom stereocenters. The third-order valence-corrected chi connectivity index (χ3v) is 2.72. The zero-order valence-electron chi connectivity index (χ0n) is 11.4. The molecule has 0 radical (unpaired) electrons. The molecule has 0 saturated carbocycles. The third-order valence-electron chi connectivity index (χ3n) is 2.72. The van der Waals surface area contributed by atoms with Crippen LogP contribution in [0.4, 0.5) is 0 Å². The molecular weight excluding hydrogens is 262 g/mol. The van der Waals surface area contributed by atoms with E-state index in [-0.39, 0.29) is 36.2 Å². The zero-order chi connectivity index (χ0) is 15.3. The maximum atomic E-state index is 12.2. The molecule has 1 rings (SSSR count). The van der Waals surface area contributed by atoms with Crippen LogP contribution in [0.2, 0.25) is 0 Å². The van der Waals surface area contributed by atoms with Crippen molar-refractivity contribution in [2.45, 2.75) is 26.3 Å². The molecule has 0 aliphatic rings. The zero-order valence-corrected chi connectivity index (χ0v) is 11.4. The van der Waals surface area contributed by atoms with Gasteiger partial charge in [-0.3, -0.25) is 19.4 Å². The molecule has 1 heterocycles. The van der Waals surface area contributed by atoms with Gasteiger partial charge in [0.25, 0.3) is 5.91 Å². The first-order valence-electron chi connectivity index (χ1n) is 6.11. The summed E-state index contributed by atoms with van der Waals surface area (Å²) >= 11 is 0. The molecule has 0 aliphatic carbocycles. The maximum absolute atomic E-state index is 12.2. The number of hydrogen-bond acceptors (Lipinski definition) is 4. The van der Waals surface area contributed by atoms with Gasteiger partial charge in [-0.1, -0.05) is 0 Å². The van der Waals surface area contributed by atoms with E-state index in [1.807, 2.05) is 0 Å². The molecule has 0 aromatic carbocycles. The van der Waals surface area contributed by atoms with Crippen molar-refractivity contribution in [3.63, 3.8) is 0 Å². The number of carboxylic acid groups (broad SMARTS) is 1. The molecule has 0 fully saturated rings. The van der Waals surface area contributed by atoms with Crippen LogP contribution >= 0.6 is 0 Å². The van der Waals surface area contributed by atoms with Gasteiger partial charge in [0.2, 0.25) is 5.91 Å². The summed E-state index contributed by atoms with van der Waals surface area (Å²) in [5.41, 5.74) is 5.45. The van der Waals surface area contributed by atoms with Crippen LogP contribution in [0.3, 0.4) is 0 Å². The monoisotopic (exact) mass is 279 g/mol. The molecule has 3 N–H and O–H groups in total. The molecule has 1 aromatic rings. The number of carboxylic acids is 1. The van der Waals surface area contributed by atoms with Crippen molar-refractivity contribution < 1.29 is 19.5 Å². The van der Waals surface area contributed by atoms with E-state index in [0.29, 0.717) is 0 Å². The van der Waals surface area contributed by atoms with Crippen molar-refractivity contribution in [2.24, 2.45) is 5.73 Å². The molecule has 7 nitrogen and oxygen atoms in total. The summed E-state index contributed by atoms with van der Waals surface area (Å²) in [6.45, 7) is 3.68. The lowest BCUT2D eigenvalue weighted by Crippen LogP contribution is -2.39. The van der Waals surface area contributed by atoms with Gasteiger partial charge >= 0.3 is 5.97 Å². The van der Waals surface area contributed by atoms with Crippen LogP contribution in [-0.4, -0.2) is 45.4 Å². The van der Waals surface area contributed by atoms with E-state index in [1.165, 1.54) is 23.2 Å². The van der Waals surface area contributed by atoms with E-state index in [2.05, 4.69) is 4.98 Å². The minimum Gasteiger partial charge on any atom is -0.481 e. The second-order valence-electron chi connectivity index (χ2n) is 4.53. The Bertz CT molecular complexity index is 511. The van der Waals surface area contributed by atoms with Crippen molar-refractivity contribution in [1.29, 1.82) is 0 Å². The van der Waals surface area contributed by atoms with Crippen LogP contribution in [0.25, 0.3) is 0 Å². The number of nitrogens with zero attached hydrogens (tertiary/aromatic N) is 2. The highest BCUT2D eigenvalue weighted by atomic mass is 16.4. The Labute approximate surface area is 116 Å². The number of pyridine rings is 1. The predicted octanol–water partition coefficient (Wildman–Crippen LogP) is 0.506. The fourth-order valence-electron chi connectivity index (χ4n) is 1.62. The lowest BCUT2D eigenvalue weighted by atomic mass is 10.2. The van der Waals surface area contributed by atoms with Crippen LogP contribution in [0, 0.1) is 0 Å². The van der Waals surface area contributed by atoms with Crippen LogP contribution in [0.1, 0.15) is 41.1 Å². The van der Waals surface area contributed by atoms with E-state index in [9.17, 15) is 14.4 Å². The summed E-state index contributed by atoms with van der Waals surface area (Å²) in [5.74, 6) is -1.97. The topological polar surface area (TPSA) is 114 Å². The molecule has 1 aromatic heterocycles. The van der Waals surface area contributed by atoms with E-state index >= 15 is 0 Å². The molecule has 108 valence electrons. The van der Waals surface area contributed by atoms with Crippen LogP contribution in [0.15, 0.2) is 18.3 Å². The normalized spacial score (nSPS) is 10.3. The van der Waals surface area contributed by atoms with Gasteiger partial charge in [0.1, 0.15) is 5.69 Å². The molecule has 0 spiro atoms. The molecular formula is C13H17N3O4. The Hall–Kier alpha value is -2.44. The fourth-order valence-corrected chi connectivity index (χ4v) is 1.62. The summed E-state index contributed by atoms with van der Waals surface area (Å²) in [4.78, 5) is 39.1. The van der Waals surface area contributed by atoms with Crippen molar-refractivity contribution in [3.8, 4) is 0 Å². The number of aliphatic carboxylic acids is 1. The molecule has 7 heteroatoms. The van der Waals surface area contributed by atoms with Gasteiger partial charge in [-0.15, -0.1) is 0 Å². The maximum Gasteiger partial charge on any atom is 0.305 e. The summed E-state index contributed by atoms with van der Waals surface area (Å²) in [6, 6.07) is 2.66. The number of hydrogen-bond donors (Lipinski definition) is 2. The Balaban J connectivity index is 2.88. The van der Waals surface area contributed by atoms with Crippen molar-refractivity contribution in [3.05, 3.63) is 29.6 Å². The van der Waals surface area contributed by atoms with Gasteiger partial charge < -0.3 is 15.7 Å². The number of amides is 2. The van der Waals surface area contributed by atoms with E-state index < -0.39 is 11.9 Å². The molecule has 20 heavy (non-hydrogen) atoms. The van der Waals surface area contributed by atoms with Gasteiger partial charge in [-0.05, 0) is 26.0 Å². The molecule has 0 atom stereocenters. The van der Waals surface area contributed by atoms with Crippen molar-refractivity contribution >= 4 is 17.8 Å². The Morgan fingerprint density at radius 2 is 2.00 bits per heavy atom. The average Bonchev–Trinajstić information content (AvgIpc) is 2.38. The molecule has 0 aliphatic heterocycles. The Morgan fingerprint density at radius 1 is 1.35 bits per heavy atom. The van der Waals surface area contributed by atoms with Crippen LogP contribution < -0.4 is 5.73 Å². The van der Waals surface area contributed by atoms with E-state index in [4.69, 9.17) is 10.8 Å². The largest absolute Gasteiger partial charge is 0.481 e. The molecule has 2 amide bonds. The van der Waals surface area contributed by atoms with Gasteiger partial charge in [0.15, 0.2) is 0 Å². The number of carbonyl (C=O) groups is 3. The van der Waals surface area contributed by atoms with Gasteiger partial charge in [-0.25, -0.2) is 0 Å². The van der Waals surface area contributed by atoms with Crippen molar-refractivity contribution in [2.75, 3.05) is 6.54 Å². The Kier molecular flexibility index (Phi) is 5.19. The predicted molar refractivity (Wildman–Crippen MR) is 71.2 cm³/mol.